The highest BCUT2D eigenvalue weighted by atomic mass is 15.2. The molecule has 0 radical (unpaired) electrons. The van der Waals surface area contributed by atoms with E-state index in [4.69, 9.17) is 0 Å². The molecule has 0 spiro atoms. The minimum absolute atomic E-state index is 0.237. The Morgan fingerprint density at radius 1 is 0.653 bits per heavy atom. The molecule has 0 saturated heterocycles. The van der Waals surface area contributed by atoms with E-state index in [1.54, 1.807) is 0 Å². The van der Waals surface area contributed by atoms with Crippen molar-refractivity contribution in [2.45, 2.75) is 18.9 Å². The molecule has 4 heteroatoms. The third kappa shape index (κ3) is 4.82. The van der Waals surface area contributed by atoms with E-state index in [0.29, 0.717) is 11.1 Å². The normalized spacial score (nSPS) is 15.4. The first-order chi connectivity index (χ1) is 24.1. The van der Waals surface area contributed by atoms with Crippen LogP contribution in [0, 0.1) is 22.7 Å². The summed E-state index contributed by atoms with van der Waals surface area (Å²) in [5.41, 5.74) is 11.3. The van der Waals surface area contributed by atoms with Crippen molar-refractivity contribution in [3.05, 3.63) is 175 Å². The van der Waals surface area contributed by atoms with Gasteiger partial charge in [0.25, 0.3) is 0 Å². The highest BCUT2D eigenvalue weighted by Gasteiger charge is 2.34. The number of nitrogens with zero attached hydrogens (tertiary/aromatic N) is 4. The largest absolute Gasteiger partial charge is 0.337 e. The molecule has 1 aromatic heterocycles. The Morgan fingerprint density at radius 2 is 1.31 bits per heavy atom. The summed E-state index contributed by atoms with van der Waals surface area (Å²) in [6.07, 6.45) is 6.08. The fraction of sp³-hybridized carbons (Fsp3) is 0.0667. The first kappa shape index (κ1) is 29.8. The zero-order chi connectivity index (χ0) is 33.5. The van der Waals surface area contributed by atoms with Crippen LogP contribution in [0.25, 0.3) is 49.7 Å². The minimum atomic E-state index is 0.237. The second-order valence-corrected chi connectivity index (χ2v) is 12.4. The lowest BCUT2D eigenvalue weighted by Gasteiger charge is -2.27. The van der Waals surface area contributed by atoms with E-state index in [1.807, 2.05) is 66.7 Å². The van der Waals surface area contributed by atoms with Gasteiger partial charge >= 0.3 is 0 Å². The highest BCUT2D eigenvalue weighted by Crippen LogP contribution is 2.46. The fourth-order valence-corrected chi connectivity index (χ4v) is 7.59. The number of anilines is 2. The van der Waals surface area contributed by atoms with Crippen molar-refractivity contribution in [2.24, 2.45) is 0 Å². The van der Waals surface area contributed by atoms with Gasteiger partial charge in [0.15, 0.2) is 0 Å². The van der Waals surface area contributed by atoms with E-state index in [9.17, 15) is 10.5 Å². The fourth-order valence-electron chi connectivity index (χ4n) is 7.59. The number of para-hydroxylation sites is 4. The third-order valence-electron chi connectivity index (χ3n) is 9.80. The molecule has 1 aliphatic rings. The topological polar surface area (TPSA) is 55.8 Å². The molecular weight excluding hydrogens is 597 g/mol. The molecule has 0 N–H and O–H groups in total. The molecule has 232 valence electrons. The van der Waals surface area contributed by atoms with Gasteiger partial charge in [-0.1, -0.05) is 116 Å². The van der Waals surface area contributed by atoms with Crippen LogP contribution in [0.15, 0.2) is 158 Å². The second-order valence-electron chi connectivity index (χ2n) is 12.4. The van der Waals surface area contributed by atoms with Crippen LogP contribution in [0.2, 0.25) is 0 Å². The Bertz CT molecular complexity index is 2470. The maximum absolute atomic E-state index is 10.4. The van der Waals surface area contributed by atoms with Crippen LogP contribution in [0.4, 0.5) is 11.4 Å². The number of rotatable bonds is 6. The average Bonchev–Trinajstić information content (AvgIpc) is 3.64. The molecule has 4 nitrogen and oxygen atoms in total. The lowest BCUT2D eigenvalue weighted by atomic mass is 9.93. The molecule has 0 fully saturated rings. The first-order valence-electron chi connectivity index (χ1n) is 16.5. The van der Waals surface area contributed by atoms with Crippen LogP contribution in [-0.4, -0.2) is 10.6 Å². The van der Waals surface area contributed by atoms with Crippen LogP contribution < -0.4 is 4.90 Å². The van der Waals surface area contributed by atoms with Gasteiger partial charge in [0.2, 0.25) is 0 Å². The van der Waals surface area contributed by atoms with Crippen molar-refractivity contribution < 1.29 is 0 Å². The summed E-state index contributed by atoms with van der Waals surface area (Å²) < 4.78 is 2.19. The van der Waals surface area contributed by atoms with Crippen LogP contribution in [0.1, 0.15) is 29.5 Å². The monoisotopic (exact) mass is 628 g/mol. The summed E-state index contributed by atoms with van der Waals surface area (Å²) >= 11 is 0. The number of fused-ring (bicyclic) bond motifs is 4. The zero-order valence-electron chi connectivity index (χ0n) is 27.1. The first-order valence-corrected chi connectivity index (χ1v) is 16.5. The van der Waals surface area contributed by atoms with Crippen molar-refractivity contribution in [1.82, 2.24) is 4.57 Å². The van der Waals surface area contributed by atoms with E-state index >= 15 is 0 Å². The van der Waals surface area contributed by atoms with Gasteiger partial charge in [-0.05, 0) is 71.6 Å². The van der Waals surface area contributed by atoms with Crippen molar-refractivity contribution in [1.29, 1.82) is 10.5 Å². The molecule has 8 rings (SSSR count). The Morgan fingerprint density at radius 3 is 2.00 bits per heavy atom. The van der Waals surface area contributed by atoms with Crippen LogP contribution in [0.5, 0.6) is 0 Å². The lowest BCUT2D eigenvalue weighted by molar-refractivity contribution is 0.689. The van der Waals surface area contributed by atoms with Crippen molar-refractivity contribution >= 4 is 33.2 Å². The summed E-state index contributed by atoms with van der Waals surface area (Å²) in [7, 11) is 0. The molecule has 6 aromatic carbocycles. The summed E-state index contributed by atoms with van der Waals surface area (Å²) in [5.74, 6) is 0.263. The number of aromatic nitrogens is 1. The quantitative estimate of drug-likeness (QED) is 0.172. The third-order valence-corrected chi connectivity index (χ3v) is 9.80. The Labute approximate surface area is 286 Å². The van der Waals surface area contributed by atoms with Crippen LogP contribution in [-0.2, 0) is 0 Å². The number of nitriles is 2. The van der Waals surface area contributed by atoms with E-state index in [2.05, 4.69) is 120 Å². The van der Waals surface area contributed by atoms with Gasteiger partial charge in [-0.15, -0.1) is 0 Å². The Balaban J connectivity index is 1.20. The van der Waals surface area contributed by atoms with E-state index in [0.717, 1.165) is 55.4 Å². The van der Waals surface area contributed by atoms with Gasteiger partial charge in [-0.3, -0.25) is 0 Å². The maximum atomic E-state index is 10.4. The van der Waals surface area contributed by atoms with Gasteiger partial charge in [0, 0.05) is 39.7 Å². The number of hydrogen-bond acceptors (Lipinski definition) is 3. The van der Waals surface area contributed by atoms with E-state index < -0.39 is 0 Å². The smallest absolute Gasteiger partial charge is 0.101 e. The van der Waals surface area contributed by atoms with Gasteiger partial charge in [-0.2, -0.15) is 10.5 Å². The summed E-state index contributed by atoms with van der Waals surface area (Å²) in [6.45, 7) is 6.12. The predicted molar refractivity (Wildman–Crippen MR) is 201 cm³/mol. The number of allylic oxidation sites excluding steroid dienone is 2. The van der Waals surface area contributed by atoms with E-state index in [-0.39, 0.29) is 12.0 Å². The molecular formula is C45H32N4. The zero-order valence-corrected chi connectivity index (χ0v) is 27.1. The van der Waals surface area contributed by atoms with Gasteiger partial charge in [-0.25, -0.2) is 0 Å². The van der Waals surface area contributed by atoms with Crippen molar-refractivity contribution in [3.63, 3.8) is 0 Å². The lowest BCUT2D eigenvalue weighted by Crippen LogP contribution is -2.26. The second kappa shape index (κ2) is 12.2. The molecule has 2 heterocycles. The van der Waals surface area contributed by atoms with E-state index in [1.165, 1.54) is 11.3 Å². The molecule has 49 heavy (non-hydrogen) atoms. The molecule has 1 aliphatic heterocycles. The molecule has 2 atom stereocenters. The summed E-state index contributed by atoms with van der Waals surface area (Å²) in [6, 6.07) is 50.7. The maximum Gasteiger partial charge on any atom is 0.101 e. The molecule has 2 unspecified atom stereocenters. The summed E-state index contributed by atoms with van der Waals surface area (Å²) in [4.78, 5) is 2.39. The predicted octanol–water partition coefficient (Wildman–Crippen LogP) is 11.2. The SMILES string of the molecule is C=C/C=C\C1c2ccccc2N(c2ccc(-c3ccc(-c4cccc(C#N)c4-n4c5ccccc5c5ccccc54)cc3C#N)cc2)C1C. The summed E-state index contributed by atoms with van der Waals surface area (Å²) in [5, 5.41) is 23.0. The van der Waals surface area contributed by atoms with Crippen molar-refractivity contribution in [2.75, 3.05) is 4.90 Å². The van der Waals surface area contributed by atoms with Gasteiger partial charge < -0.3 is 9.47 Å². The minimum Gasteiger partial charge on any atom is -0.337 e. The standard InChI is InChI=1S/C45H32N4/c1-3-4-13-36-30(2)48(42-18-8-5-14-39(36)42)35-24-21-31(22-25-35)37-26-23-32(27-34(37)29-47)38-17-11-12-33(28-46)45(38)49-43-19-9-6-15-40(43)41-16-7-10-20-44(41)49/h3-27,30,36H,1H2,2H3/b13-4-. The number of benzene rings is 6. The highest BCUT2D eigenvalue weighted by molar-refractivity contribution is 6.10. The molecule has 0 bridgehead atoms. The molecule has 0 aliphatic carbocycles. The van der Waals surface area contributed by atoms with Gasteiger partial charge in [0.1, 0.15) is 6.07 Å². The Hall–Kier alpha value is -6.62. The molecule has 0 amide bonds. The average molecular weight is 629 g/mol. The van der Waals surface area contributed by atoms with Gasteiger partial charge in [0.05, 0.1) is 33.9 Å². The van der Waals surface area contributed by atoms with Crippen molar-refractivity contribution in [3.8, 4) is 40.1 Å². The number of hydrogen-bond donors (Lipinski definition) is 0. The molecule has 0 saturated carbocycles. The van der Waals surface area contributed by atoms with Crippen LogP contribution >= 0.6 is 0 Å². The van der Waals surface area contributed by atoms with Crippen LogP contribution in [0.3, 0.4) is 0 Å². The Kier molecular flexibility index (Phi) is 7.41. The molecule has 7 aromatic rings.